The molecule has 0 unspecified atom stereocenters. The zero-order valence-electron chi connectivity index (χ0n) is 8.79. The number of rotatable bonds is 7. The van der Waals surface area contributed by atoms with Crippen LogP contribution >= 0.6 is 0 Å². The molecule has 0 atom stereocenters. The van der Waals surface area contributed by atoms with Gasteiger partial charge in [0.15, 0.2) is 11.6 Å². The number of hydrogen-bond acceptors (Lipinski definition) is 4. The first-order valence-electron chi connectivity index (χ1n) is 4.88. The molecular formula is C10H16FN3O. The fourth-order valence-corrected chi connectivity index (χ4v) is 1.08. The first-order valence-corrected chi connectivity index (χ1v) is 4.88. The summed E-state index contributed by atoms with van der Waals surface area (Å²) in [4.78, 5) is 3.87. The van der Waals surface area contributed by atoms with Gasteiger partial charge in [-0.05, 0) is 12.1 Å². The molecule has 0 bridgehead atoms. The first-order chi connectivity index (χ1) is 7.34. The summed E-state index contributed by atoms with van der Waals surface area (Å²) in [6.45, 7) is 2.86. The topological polar surface area (TPSA) is 46.2 Å². The van der Waals surface area contributed by atoms with Gasteiger partial charge in [0.25, 0.3) is 0 Å². The number of hydrogen-bond donors (Lipinski definition) is 2. The number of anilines is 1. The molecule has 0 aromatic carbocycles. The second kappa shape index (κ2) is 7.14. The number of ether oxygens (including phenoxy) is 1. The number of nitrogens with zero attached hydrogens (tertiary/aromatic N) is 1. The van der Waals surface area contributed by atoms with Crippen LogP contribution in [0.2, 0.25) is 0 Å². The van der Waals surface area contributed by atoms with Crippen molar-refractivity contribution in [2.24, 2.45) is 0 Å². The predicted molar refractivity (Wildman–Crippen MR) is 57.4 cm³/mol. The van der Waals surface area contributed by atoms with Crippen LogP contribution in [0.25, 0.3) is 0 Å². The van der Waals surface area contributed by atoms with E-state index in [4.69, 9.17) is 4.74 Å². The maximum atomic E-state index is 13.1. The highest BCUT2D eigenvalue weighted by molar-refractivity contribution is 5.35. The van der Waals surface area contributed by atoms with E-state index in [-0.39, 0.29) is 5.82 Å². The van der Waals surface area contributed by atoms with Crippen molar-refractivity contribution in [2.45, 2.75) is 0 Å². The van der Waals surface area contributed by atoms with E-state index >= 15 is 0 Å². The molecule has 2 N–H and O–H groups in total. The molecule has 0 spiro atoms. The zero-order chi connectivity index (χ0) is 10.9. The van der Waals surface area contributed by atoms with Gasteiger partial charge in [-0.15, -0.1) is 0 Å². The van der Waals surface area contributed by atoms with Crippen molar-refractivity contribution in [3.63, 3.8) is 0 Å². The molecule has 1 rings (SSSR count). The van der Waals surface area contributed by atoms with Gasteiger partial charge in [0.2, 0.25) is 0 Å². The maximum Gasteiger partial charge on any atom is 0.165 e. The second-order valence-corrected chi connectivity index (χ2v) is 3.00. The SMILES string of the molecule is COCCNCCNc1ncccc1F. The average Bonchev–Trinajstić information content (AvgIpc) is 2.25. The molecule has 1 aromatic rings. The summed E-state index contributed by atoms with van der Waals surface area (Å²) in [6, 6.07) is 2.95. The molecule has 15 heavy (non-hydrogen) atoms. The minimum Gasteiger partial charge on any atom is -0.383 e. The molecule has 1 heterocycles. The van der Waals surface area contributed by atoms with Crippen molar-refractivity contribution in [2.75, 3.05) is 38.7 Å². The lowest BCUT2D eigenvalue weighted by Crippen LogP contribution is -2.25. The molecule has 0 saturated carbocycles. The quantitative estimate of drug-likeness (QED) is 0.660. The van der Waals surface area contributed by atoms with Crippen LogP contribution in [0.15, 0.2) is 18.3 Å². The Kier molecular flexibility index (Phi) is 5.65. The first kappa shape index (κ1) is 11.9. The molecule has 0 aliphatic heterocycles. The van der Waals surface area contributed by atoms with Crippen molar-refractivity contribution in [1.82, 2.24) is 10.3 Å². The van der Waals surface area contributed by atoms with Gasteiger partial charge in [0.1, 0.15) is 0 Å². The highest BCUT2D eigenvalue weighted by Crippen LogP contribution is 2.06. The third-order valence-electron chi connectivity index (χ3n) is 1.84. The third kappa shape index (κ3) is 4.71. The van der Waals surface area contributed by atoms with Crippen LogP contribution in [0, 0.1) is 5.82 Å². The second-order valence-electron chi connectivity index (χ2n) is 3.00. The van der Waals surface area contributed by atoms with Crippen LogP contribution < -0.4 is 10.6 Å². The van der Waals surface area contributed by atoms with E-state index in [0.717, 1.165) is 13.1 Å². The van der Waals surface area contributed by atoms with Gasteiger partial charge in [0, 0.05) is 32.9 Å². The zero-order valence-corrected chi connectivity index (χ0v) is 8.79. The minimum atomic E-state index is -0.325. The Morgan fingerprint density at radius 2 is 2.27 bits per heavy atom. The number of aromatic nitrogens is 1. The standard InChI is InChI=1S/C10H16FN3O/c1-15-8-7-12-5-6-14-10-9(11)3-2-4-13-10/h2-4,12H,5-8H2,1H3,(H,13,14). The largest absolute Gasteiger partial charge is 0.383 e. The average molecular weight is 213 g/mol. The highest BCUT2D eigenvalue weighted by atomic mass is 19.1. The van der Waals surface area contributed by atoms with Gasteiger partial charge < -0.3 is 15.4 Å². The van der Waals surface area contributed by atoms with E-state index in [0.29, 0.717) is 19.0 Å². The molecule has 5 heteroatoms. The van der Waals surface area contributed by atoms with Crippen LogP contribution in [0.3, 0.4) is 0 Å². The van der Waals surface area contributed by atoms with E-state index in [1.54, 1.807) is 19.4 Å². The van der Waals surface area contributed by atoms with Gasteiger partial charge in [-0.25, -0.2) is 9.37 Å². The number of methoxy groups -OCH3 is 1. The minimum absolute atomic E-state index is 0.297. The van der Waals surface area contributed by atoms with E-state index in [1.807, 2.05) is 0 Å². The van der Waals surface area contributed by atoms with Gasteiger partial charge in [-0.3, -0.25) is 0 Å². The summed E-state index contributed by atoms with van der Waals surface area (Å²) in [5.74, 6) is -0.0274. The summed E-state index contributed by atoms with van der Waals surface area (Å²) >= 11 is 0. The van der Waals surface area contributed by atoms with E-state index in [1.165, 1.54) is 6.07 Å². The molecule has 4 nitrogen and oxygen atoms in total. The molecular weight excluding hydrogens is 197 g/mol. The lowest BCUT2D eigenvalue weighted by atomic mass is 10.4. The van der Waals surface area contributed by atoms with Crippen molar-refractivity contribution in [3.8, 4) is 0 Å². The molecule has 1 aromatic heterocycles. The number of halogens is 1. The molecule has 0 aliphatic rings. The van der Waals surface area contributed by atoms with Crippen LogP contribution in [-0.4, -0.2) is 38.3 Å². The fourth-order valence-electron chi connectivity index (χ4n) is 1.08. The van der Waals surface area contributed by atoms with Crippen molar-refractivity contribution >= 4 is 5.82 Å². The molecule has 0 aliphatic carbocycles. The van der Waals surface area contributed by atoms with Crippen LogP contribution in [0.4, 0.5) is 10.2 Å². The molecule has 0 fully saturated rings. The Labute approximate surface area is 88.9 Å². The Bertz CT molecular complexity index is 283. The van der Waals surface area contributed by atoms with E-state index in [9.17, 15) is 4.39 Å². The normalized spacial score (nSPS) is 10.3. The van der Waals surface area contributed by atoms with E-state index in [2.05, 4.69) is 15.6 Å². The Morgan fingerprint density at radius 1 is 1.40 bits per heavy atom. The summed E-state index contributed by atoms with van der Waals surface area (Å²) in [7, 11) is 1.66. The van der Waals surface area contributed by atoms with Crippen molar-refractivity contribution in [3.05, 3.63) is 24.1 Å². The van der Waals surface area contributed by atoms with Gasteiger partial charge >= 0.3 is 0 Å². The molecule has 0 saturated heterocycles. The summed E-state index contributed by atoms with van der Waals surface area (Å²) < 4.78 is 17.9. The number of pyridine rings is 1. The van der Waals surface area contributed by atoms with Gasteiger partial charge in [0.05, 0.1) is 6.61 Å². The summed E-state index contributed by atoms with van der Waals surface area (Å²) in [6.07, 6.45) is 1.56. The summed E-state index contributed by atoms with van der Waals surface area (Å²) in [5, 5.41) is 6.04. The highest BCUT2D eigenvalue weighted by Gasteiger charge is 1.99. The molecule has 84 valence electrons. The smallest absolute Gasteiger partial charge is 0.165 e. The Balaban J connectivity index is 2.12. The van der Waals surface area contributed by atoms with Crippen molar-refractivity contribution in [1.29, 1.82) is 0 Å². The lowest BCUT2D eigenvalue weighted by Gasteiger charge is -2.07. The van der Waals surface area contributed by atoms with Crippen LogP contribution in [-0.2, 0) is 4.74 Å². The monoisotopic (exact) mass is 213 g/mol. The lowest BCUT2D eigenvalue weighted by molar-refractivity contribution is 0.200. The molecule has 0 radical (unpaired) electrons. The predicted octanol–water partition coefficient (Wildman–Crippen LogP) is 0.869. The Hall–Kier alpha value is -1.20. The third-order valence-corrected chi connectivity index (χ3v) is 1.84. The van der Waals surface area contributed by atoms with Crippen LogP contribution in [0.5, 0.6) is 0 Å². The van der Waals surface area contributed by atoms with Gasteiger partial charge in [-0.1, -0.05) is 0 Å². The number of nitrogens with one attached hydrogen (secondary N) is 2. The van der Waals surface area contributed by atoms with Crippen molar-refractivity contribution < 1.29 is 9.13 Å². The summed E-state index contributed by atoms with van der Waals surface area (Å²) in [5.41, 5.74) is 0. The maximum absolute atomic E-state index is 13.1. The van der Waals surface area contributed by atoms with Crippen LogP contribution in [0.1, 0.15) is 0 Å². The fraction of sp³-hybridized carbons (Fsp3) is 0.500. The Morgan fingerprint density at radius 3 is 3.00 bits per heavy atom. The molecule has 0 amide bonds. The van der Waals surface area contributed by atoms with Gasteiger partial charge in [-0.2, -0.15) is 0 Å². The van der Waals surface area contributed by atoms with E-state index < -0.39 is 0 Å².